The molecule has 0 amide bonds. The van der Waals surface area contributed by atoms with Crippen molar-refractivity contribution in [1.29, 1.82) is 0 Å². The van der Waals surface area contributed by atoms with Crippen molar-refractivity contribution in [2.45, 2.75) is 51.9 Å². The summed E-state index contributed by atoms with van der Waals surface area (Å²) in [6, 6.07) is 4.85. The predicted molar refractivity (Wildman–Crippen MR) is 100 cm³/mol. The third-order valence-corrected chi connectivity index (χ3v) is 4.13. The summed E-state index contributed by atoms with van der Waals surface area (Å²) in [7, 11) is 0. The average Bonchev–Trinajstić information content (AvgIpc) is 2.63. The summed E-state index contributed by atoms with van der Waals surface area (Å²) in [6.07, 6.45) is 7.18. The van der Waals surface area contributed by atoms with Crippen molar-refractivity contribution in [2.24, 2.45) is 0 Å². The van der Waals surface area contributed by atoms with Crippen LogP contribution in [0.25, 0.3) is 11.0 Å². The van der Waals surface area contributed by atoms with E-state index in [1.54, 1.807) is 18.2 Å². The summed E-state index contributed by atoms with van der Waals surface area (Å²) in [5.74, 6) is 0.165. The third kappa shape index (κ3) is 5.66. The van der Waals surface area contributed by atoms with E-state index in [1.807, 2.05) is 0 Å². The third-order valence-electron chi connectivity index (χ3n) is 4.13. The maximum atomic E-state index is 12.1. The topological polar surface area (TPSA) is 89.1 Å². The molecule has 0 bridgehead atoms. The molecule has 0 radical (unpaired) electrons. The zero-order valence-corrected chi connectivity index (χ0v) is 15.3. The molecule has 6 heteroatoms. The van der Waals surface area contributed by atoms with Gasteiger partial charge in [-0.2, -0.15) is 0 Å². The molecule has 144 valence electrons. The van der Waals surface area contributed by atoms with Gasteiger partial charge in [0.05, 0.1) is 18.6 Å². The van der Waals surface area contributed by atoms with Gasteiger partial charge in [0.1, 0.15) is 11.3 Å². The summed E-state index contributed by atoms with van der Waals surface area (Å²) in [6.45, 7) is 2.95. The van der Waals surface area contributed by atoms with E-state index in [0.717, 1.165) is 19.3 Å². The molecule has 1 aromatic carbocycles. The summed E-state index contributed by atoms with van der Waals surface area (Å²) in [4.78, 5) is 12.1. The van der Waals surface area contributed by atoms with Crippen LogP contribution in [0.2, 0.25) is 0 Å². The lowest BCUT2D eigenvalue weighted by Crippen LogP contribution is -2.08. The van der Waals surface area contributed by atoms with Gasteiger partial charge in [-0.25, -0.2) is 4.79 Å². The van der Waals surface area contributed by atoms with Crippen LogP contribution in [-0.4, -0.2) is 30.0 Å². The minimum absolute atomic E-state index is 0.0444. The van der Waals surface area contributed by atoms with Crippen LogP contribution in [0, 0.1) is 0 Å². The summed E-state index contributed by atoms with van der Waals surface area (Å²) in [5, 5.41) is 19.5. The van der Waals surface area contributed by atoms with Crippen molar-refractivity contribution in [3.63, 3.8) is 0 Å². The lowest BCUT2D eigenvalue weighted by atomic mass is 10.1. The molecule has 2 aromatic rings. The van der Waals surface area contributed by atoms with Gasteiger partial charge in [0.25, 0.3) is 0 Å². The fraction of sp³-hybridized carbons (Fsp3) is 0.550. The number of hydrogen-bond acceptors (Lipinski definition) is 6. The number of aliphatic hydroxyl groups is 1. The molecule has 0 aliphatic carbocycles. The van der Waals surface area contributed by atoms with Crippen molar-refractivity contribution in [3.8, 4) is 17.2 Å². The second-order valence-corrected chi connectivity index (χ2v) is 6.27. The fourth-order valence-electron chi connectivity index (χ4n) is 2.68. The van der Waals surface area contributed by atoms with Crippen molar-refractivity contribution >= 4 is 11.0 Å². The van der Waals surface area contributed by atoms with Gasteiger partial charge < -0.3 is 24.1 Å². The summed E-state index contributed by atoms with van der Waals surface area (Å²) in [5.41, 5.74) is -0.464. The predicted octanol–water partition coefficient (Wildman–Crippen LogP) is 4.00. The van der Waals surface area contributed by atoms with Gasteiger partial charge in [0.15, 0.2) is 5.75 Å². The van der Waals surface area contributed by atoms with E-state index in [0.29, 0.717) is 30.8 Å². The van der Waals surface area contributed by atoms with Gasteiger partial charge >= 0.3 is 5.63 Å². The first kappa shape index (κ1) is 20.1. The lowest BCUT2D eigenvalue weighted by Gasteiger charge is -2.10. The first-order chi connectivity index (χ1) is 12.7. The van der Waals surface area contributed by atoms with Gasteiger partial charge in [-0.3, -0.25) is 0 Å². The van der Waals surface area contributed by atoms with Gasteiger partial charge in [0, 0.05) is 19.1 Å². The van der Waals surface area contributed by atoms with Crippen LogP contribution in [0.3, 0.4) is 0 Å². The first-order valence-electron chi connectivity index (χ1n) is 9.33. The zero-order valence-electron chi connectivity index (χ0n) is 15.3. The van der Waals surface area contributed by atoms with E-state index >= 15 is 0 Å². The van der Waals surface area contributed by atoms with Crippen LogP contribution in [0.4, 0.5) is 0 Å². The molecule has 1 heterocycles. The Morgan fingerprint density at radius 1 is 1.00 bits per heavy atom. The number of unbranched alkanes of at least 4 members (excludes halogenated alkanes) is 5. The molecular weight excluding hydrogens is 336 g/mol. The number of hydrogen-bond donors (Lipinski definition) is 2. The van der Waals surface area contributed by atoms with Gasteiger partial charge in [-0.15, -0.1) is 0 Å². The van der Waals surface area contributed by atoms with E-state index in [2.05, 4.69) is 6.92 Å². The maximum Gasteiger partial charge on any atom is 0.383 e. The van der Waals surface area contributed by atoms with E-state index in [1.165, 1.54) is 19.3 Å². The molecule has 0 atom stereocenters. The lowest BCUT2D eigenvalue weighted by molar-refractivity contribution is 0.233. The Balaban J connectivity index is 2.00. The zero-order chi connectivity index (χ0) is 18.8. The van der Waals surface area contributed by atoms with Crippen molar-refractivity contribution in [3.05, 3.63) is 28.6 Å². The molecule has 26 heavy (non-hydrogen) atoms. The van der Waals surface area contributed by atoms with E-state index < -0.39 is 5.63 Å². The van der Waals surface area contributed by atoms with Crippen LogP contribution in [0.15, 0.2) is 27.4 Å². The Hall–Kier alpha value is -2.21. The van der Waals surface area contributed by atoms with Gasteiger partial charge in [-0.1, -0.05) is 39.0 Å². The number of aromatic hydroxyl groups is 1. The highest BCUT2D eigenvalue weighted by atomic mass is 16.5. The normalized spacial score (nSPS) is 11.0. The Kier molecular flexibility index (Phi) is 8.28. The molecule has 0 fully saturated rings. The molecule has 0 aliphatic heterocycles. The van der Waals surface area contributed by atoms with Crippen LogP contribution in [-0.2, 0) is 0 Å². The highest BCUT2D eigenvalue weighted by Gasteiger charge is 2.16. The quantitative estimate of drug-likeness (QED) is 0.437. The Bertz CT molecular complexity index is 737. The Morgan fingerprint density at radius 2 is 1.73 bits per heavy atom. The summed E-state index contributed by atoms with van der Waals surface area (Å²) >= 11 is 0. The second-order valence-electron chi connectivity index (χ2n) is 6.27. The smallest absolute Gasteiger partial charge is 0.383 e. The highest BCUT2D eigenvalue weighted by Crippen LogP contribution is 2.33. The molecular formula is C20H28O6. The van der Waals surface area contributed by atoms with Crippen LogP contribution in [0.5, 0.6) is 17.2 Å². The first-order valence-corrected chi connectivity index (χ1v) is 9.33. The van der Waals surface area contributed by atoms with Crippen LogP contribution >= 0.6 is 0 Å². The van der Waals surface area contributed by atoms with Crippen molar-refractivity contribution < 1.29 is 24.1 Å². The molecule has 2 N–H and O–H groups in total. The summed E-state index contributed by atoms with van der Waals surface area (Å²) < 4.78 is 16.2. The van der Waals surface area contributed by atoms with Gasteiger partial charge in [0.2, 0.25) is 5.75 Å². The molecule has 0 saturated heterocycles. The van der Waals surface area contributed by atoms with Crippen LogP contribution in [0.1, 0.15) is 51.9 Å². The number of rotatable bonds is 12. The average molecular weight is 364 g/mol. The largest absolute Gasteiger partial charge is 0.504 e. The molecule has 1 aromatic heterocycles. The highest BCUT2D eigenvalue weighted by molar-refractivity contribution is 5.86. The number of fused-ring (bicyclic) bond motifs is 1. The van der Waals surface area contributed by atoms with Crippen molar-refractivity contribution in [2.75, 3.05) is 19.8 Å². The monoisotopic (exact) mass is 364 g/mol. The minimum Gasteiger partial charge on any atom is -0.504 e. The van der Waals surface area contributed by atoms with E-state index in [4.69, 9.17) is 19.0 Å². The SMILES string of the molecule is CCCCCCCCOc1c(O)c2ccc(OCCCO)cc2oc1=O. The molecule has 0 unspecified atom stereocenters. The Morgan fingerprint density at radius 3 is 2.50 bits per heavy atom. The molecule has 0 spiro atoms. The fourth-order valence-corrected chi connectivity index (χ4v) is 2.68. The number of ether oxygens (including phenoxy) is 2. The maximum absolute atomic E-state index is 12.1. The van der Waals surface area contributed by atoms with Gasteiger partial charge in [-0.05, 0) is 18.6 Å². The van der Waals surface area contributed by atoms with Crippen LogP contribution < -0.4 is 15.1 Å². The minimum atomic E-state index is -0.700. The molecule has 0 saturated carbocycles. The second kappa shape index (κ2) is 10.7. The molecule has 6 nitrogen and oxygen atoms in total. The number of aliphatic hydroxyl groups excluding tert-OH is 1. The standard InChI is InChI=1S/C20H28O6/c1-2-3-4-5-6-7-12-25-19-18(22)16-10-9-15(24-13-8-11-21)14-17(16)26-20(19)23/h9-10,14,21-22H,2-8,11-13H2,1H3. The molecule has 2 rings (SSSR count). The van der Waals surface area contributed by atoms with E-state index in [-0.39, 0.29) is 23.7 Å². The van der Waals surface area contributed by atoms with Crippen molar-refractivity contribution in [1.82, 2.24) is 0 Å². The molecule has 0 aliphatic rings. The van der Waals surface area contributed by atoms with E-state index in [9.17, 15) is 9.90 Å². The Labute approximate surface area is 153 Å². The number of benzene rings is 1.